The van der Waals surface area contributed by atoms with Crippen molar-refractivity contribution in [1.82, 2.24) is 10.2 Å². The Kier molecular flexibility index (Phi) is 6.55. The maximum atomic E-state index is 11.5. The van der Waals surface area contributed by atoms with Crippen molar-refractivity contribution in [2.75, 3.05) is 37.7 Å². The van der Waals surface area contributed by atoms with Crippen molar-refractivity contribution in [1.29, 1.82) is 0 Å². The average Bonchev–Trinajstić information content (AvgIpc) is 2.32. The number of aliphatic hydroxyl groups is 1. The predicted molar refractivity (Wildman–Crippen MR) is 73.5 cm³/mol. The molecule has 2 atom stereocenters. The van der Waals surface area contributed by atoms with Gasteiger partial charge in [0, 0.05) is 19.1 Å². The zero-order chi connectivity index (χ0) is 13.6. The quantitative estimate of drug-likeness (QED) is 0.678. The molecule has 1 aliphatic rings. The largest absolute Gasteiger partial charge is 0.390 e. The molecular formula is C12H26N2O3S. The van der Waals surface area contributed by atoms with Crippen LogP contribution in [0, 0.1) is 0 Å². The van der Waals surface area contributed by atoms with E-state index >= 15 is 0 Å². The average molecular weight is 278 g/mol. The van der Waals surface area contributed by atoms with Gasteiger partial charge in [-0.05, 0) is 25.9 Å². The zero-order valence-electron chi connectivity index (χ0n) is 11.4. The first kappa shape index (κ1) is 15.9. The van der Waals surface area contributed by atoms with Gasteiger partial charge in [-0.2, -0.15) is 0 Å². The molecule has 1 fully saturated rings. The SMILES string of the molecule is CCN(CC)CC(O)CNC1CCCS(=O)(=O)C1. The Balaban J connectivity index is 2.27. The minimum atomic E-state index is -2.87. The monoisotopic (exact) mass is 278 g/mol. The fourth-order valence-electron chi connectivity index (χ4n) is 2.33. The van der Waals surface area contributed by atoms with Gasteiger partial charge in [0.2, 0.25) is 0 Å². The molecule has 6 heteroatoms. The first-order valence-corrected chi connectivity index (χ1v) is 8.63. The number of rotatable bonds is 7. The van der Waals surface area contributed by atoms with Crippen LogP contribution < -0.4 is 5.32 Å². The molecule has 0 aromatic rings. The second-order valence-corrected chi connectivity index (χ2v) is 7.23. The third-order valence-electron chi connectivity index (χ3n) is 3.47. The van der Waals surface area contributed by atoms with Crippen LogP contribution in [0.5, 0.6) is 0 Å². The Morgan fingerprint density at radius 3 is 2.61 bits per heavy atom. The van der Waals surface area contributed by atoms with Crippen molar-refractivity contribution in [2.45, 2.75) is 38.8 Å². The molecule has 1 aliphatic heterocycles. The summed E-state index contributed by atoms with van der Waals surface area (Å²) < 4.78 is 22.9. The second kappa shape index (κ2) is 7.43. The van der Waals surface area contributed by atoms with Gasteiger partial charge < -0.3 is 15.3 Å². The lowest BCUT2D eigenvalue weighted by molar-refractivity contribution is 0.114. The molecule has 0 spiro atoms. The van der Waals surface area contributed by atoms with Gasteiger partial charge >= 0.3 is 0 Å². The lowest BCUT2D eigenvalue weighted by atomic mass is 10.2. The Hall–Kier alpha value is -0.170. The molecule has 0 radical (unpaired) electrons. The molecular weight excluding hydrogens is 252 g/mol. The fraction of sp³-hybridized carbons (Fsp3) is 1.00. The number of hydrogen-bond acceptors (Lipinski definition) is 5. The fourth-order valence-corrected chi connectivity index (χ4v) is 4.00. The highest BCUT2D eigenvalue weighted by Gasteiger charge is 2.24. The van der Waals surface area contributed by atoms with Gasteiger partial charge in [0.1, 0.15) is 0 Å². The van der Waals surface area contributed by atoms with E-state index in [4.69, 9.17) is 0 Å². The molecule has 0 aromatic carbocycles. The van der Waals surface area contributed by atoms with Crippen LogP contribution in [-0.4, -0.2) is 68.3 Å². The first-order chi connectivity index (χ1) is 8.46. The van der Waals surface area contributed by atoms with Gasteiger partial charge in [0.25, 0.3) is 0 Å². The molecule has 0 bridgehead atoms. The summed E-state index contributed by atoms with van der Waals surface area (Å²) >= 11 is 0. The van der Waals surface area contributed by atoms with Crippen LogP contribution in [0.4, 0.5) is 0 Å². The van der Waals surface area contributed by atoms with Crippen molar-refractivity contribution in [3.05, 3.63) is 0 Å². The molecule has 0 saturated carbocycles. The van der Waals surface area contributed by atoms with Crippen molar-refractivity contribution >= 4 is 9.84 Å². The Bertz CT molecular complexity index is 328. The summed E-state index contributed by atoms with van der Waals surface area (Å²) in [4.78, 5) is 2.16. The standard InChI is InChI=1S/C12H26N2O3S/c1-3-14(4-2)9-12(15)8-13-11-6-5-7-18(16,17)10-11/h11-13,15H,3-10H2,1-2H3. The Labute approximate surface area is 110 Å². The Morgan fingerprint density at radius 1 is 1.39 bits per heavy atom. The highest BCUT2D eigenvalue weighted by atomic mass is 32.2. The topological polar surface area (TPSA) is 69.6 Å². The lowest BCUT2D eigenvalue weighted by Crippen LogP contribution is -2.45. The first-order valence-electron chi connectivity index (χ1n) is 6.81. The smallest absolute Gasteiger partial charge is 0.151 e. The van der Waals surface area contributed by atoms with Crippen LogP contribution in [0.1, 0.15) is 26.7 Å². The molecule has 18 heavy (non-hydrogen) atoms. The van der Waals surface area contributed by atoms with Gasteiger partial charge in [-0.15, -0.1) is 0 Å². The zero-order valence-corrected chi connectivity index (χ0v) is 12.2. The summed E-state index contributed by atoms with van der Waals surface area (Å²) in [6, 6.07) is 0.00935. The number of nitrogens with one attached hydrogen (secondary N) is 1. The third-order valence-corrected chi connectivity index (χ3v) is 5.29. The Morgan fingerprint density at radius 2 is 2.06 bits per heavy atom. The molecule has 5 nitrogen and oxygen atoms in total. The molecule has 108 valence electrons. The summed E-state index contributed by atoms with van der Waals surface area (Å²) in [6.45, 7) is 7.08. The van der Waals surface area contributed by atoms with E-state index < -0.39 is 15.9 Å². The van der Waals surface area contributed by atoms with Crippen molar-refractivity contribution in [2.24, 2.45) is 0 Å². The maximum absolute atomic E-state index is 11.5. The van der Waals surface area contributed by atoms with Crippen molar-refractivity contribution < 1.29 is 13.5 Å². The number of nitrogens with zero attached hydrogens (tertiary/aromatic N) is 1. The van der Waals surface area contributed by atoms with E-state index in [1.807, 2.05) is 0 Å². The summed E-state index contributed by atoms with van der Waals surface area (Å²) in [5.41, 5.74) is 0. The molecule has 0 aliphatic carbocycles. The molecule has 1 rings (SSSR count). The van der Waals surface area contributed by atoms with Crippen LogP contribution in [0.2, 0.25) is 0 Å². The highest BCUT2D eigenvalue weighted by molar-refractivity contribution is 7.91. The summed E-state index contributed by atoms with van der Waals surface area (Å²) in [6.07, 6.45) is 1.18. The van der Waals surface area contributed by atoms with E-state index in [1.54, 1.807) is 0 Å². The van der Waals surface area contributed by atoms with E-state index in [2.05, 4.69) is 24.1 Å². The number of sulfone groups is 1. The molecule has 1 heterocycles. The van der Waals surface area contributed by atoms with E-state index in [0.717, 1.165) is 25.9 Å². The van der Waals surface area contributed by atoms with Crippen molar-refractivity contribution in [3.8, 4) is 0 Å². The summed E-state index contributed by atoms with van der Waals surface area (Å²) in [5, 5.41) is 13.1. The highest BCUT2D eigenvalue weighted by Crippen LogP contribution is 2.11. The summed E-state index contributed by atoms with van der Waals surface area (Å²) in [7, 11) is -2.87. The van der Waals surface area contributed by atoms with Gasteiger partial charge in [0.15, 0.2) is 9.84 Å². The van der Waals surface area contributed by atoms with E-state index in [-0.39, 0.29) is 11.8 Å². The maximum Gasteiger partial charge on any atom is 0.151 e. The molecule has 1 saturated heterocycles. The van der Waals surface area contributed by atoms with E-state index in [9.17, 15) is 13.5 Å². The number of hydrogen-bond donors (Lipinski definition) is 2. The van der Waals surface area contributed by atoms with Crippen LogP contribution in [0.25, 0.3) is 0 Å². The minimum Gasteiger partial charge on any atom is -0.390 e. The summed E-state index contributed by atoms with van der Waals surface area (Å²) in [5.74, 6) is 0.526. The van der Waals surface area contributed by atoms with Gasteiger partial charge in [0.05, 0.1) is 17.6 Å². The van der Waals surface area contributed by atoms with Crippen LogP contribution >= 0.6 is 0 Å². The van der Waals surface area contributed by atoms with Crippen molar-refractivity contribution in [3.63, 3.8) is 0 Å². The molecule has 2 N–H and O–H groups in total. The minimum absolute atomic E-state index is 0.00935. The van der Waals surface area contributed by atoms with E-state index in [1.165, 1.54) is 0 Å². The number of likely N-dealkylation sites (N-methyl/N-ethyl adjacent to an activating group) is 1. The lowest BCUT2D eigenvalue weighted by Gasteiger charge is -2.26. The molecule has 2 unspecified atom stereocenters. The third kappa shape index (κ3) is 5.65. The normalized spacial score (nSPS) is 25.2. The molecule has 0 amide bonds. The molecule has 0 aromatic heterocycles. The second-order valence-electron chi connectivity index (χ2n) is 5.00. The van der Waals surface area contributed by atoms with Gasteiger partial charge in [-0.25, -0.2) is 8.42 Å². The van der Waals surface area contributed by atoms with Gasteiger partial charge in [-0.1, -0.05) is 13.8 Å². The number of aliphatic hydroxyl groups excluding tert-OH is 1. The van der Waals surface area contributed by atoms with Crippen LogP contribution in [0.15, 0.2) is 0 Å². The van der Waals surface area contributed by atoms with Gasteiger partial charge in [-0.3, -0.25) is 0 Å². The van der Waals surface area contributed by atoms with Crippen LogP contribution in [-0.2, 0) is 9.84 Å². The van der Waals surface area contributed by atoms with E-state index in [0.29, 0.717) is 18.8 Å². The van der Waals surface area contributed by atoms with Crippen LogP contribution in [0.3, 0.4) is 0 Å². The predicted octanol–water partition coefficient (Wildman–Crippen LogP) is -0.144.